The number of hydrogen-bond donors (Lipinski definition) is 0. The molecule has 3 nitrogen and oxygen atoms in total. The minimum absolute atomic E-state index is 0.845. The Labute approximate surface area is 67.7 Å². The van der Waals surface area contributed by atoms with Crippen molar-refractivity contribution in [3.8, 4) is 0 Å². The van der Waals surface area contributed by atoms with Crippen LogP contribution in [0.3, 0.4) is 0 Å². The molecule has 0 aromatic heterocycles. The van der Waals surface area contributed by atoms with Gasteiger partial charge in [0.25, 0.3) is 0 Å². The maximum atomic E-state index is 10.1. The fourth-order valence-corrected chi connectivity index (χ4v) is 1.70. The molecule has 1 rings (SSSR count). The lowest BCUT2D eigenvalue weighted by Crippen LogP contribution is -2.28. The highest BCUT2D eigenvalue weighted by molar-refractivity contribution is 4.69. The van der Waals surface area contributed by atoms with Crippen molar-refractivity contribution in [2.45, 2.75) is 32.6 Å². The monoisotopic (exact) mass is 156 g/mol. The Balaban J connectivity index is 2.18. The maximum absolute atomic E-state index is 10.1. The third-order valence-electron chi connectivity index (χ3n) is 2.40. The quantitative estimate of drug-likeness (QED) is 0.587. The first kappa shape index (κ1) is 8.50. The Hall–Kier alpha value is -0.600. The molecule has 1 heterocycles. The van der Waals surface area contributed by atoms with E-state index in [1.807, 2.05) is 0 Å². The van der Waals surface area contributed by atoms with Gasteiger partial charge in [-0.25, -0.2) is 0 Å². The number of nitroso groups, excluding NO2 is 1. The van der Waals surface area contributed by atoms with Gasteiger partial charge in [0, 0.05) is 13.1 Å². The largest absolute Gasteiger partial charge is 0.261 e. The Morgan fingerprint density at radius 1 is 1.45 bits per heavy atom. The minimum atomic E-state index is 0.845. The number of hydrogen-bond acceptors (Lipinski definition) is 2. The number of piperidine rings is 1. The number of rotatable bonds is 3. The van der Waals surface area contributed by atoms with E-state index >= 15 is 0 Å². The van der Waals surface area contributed by atoms with Gasteiger partial charge in [0.2, 0.25) is 0 Å². The van der Waals surface area contributed by atoms with Crippen molar-refractivity contribution in [2.75, 3.05) is 13.1 Å². The molecule has 64 valence electrons. The average Bonchev–Trinajstić information content (AvgIpc) is 2.07. The summed E-state index contributed by atoms with van der Waals surface area (Å²) in [4.78, 5) is 10.1. The van der Waals surface area contributed by atoms with Crippen LogP contribution in [0.2, 0.25) is 0 Å². The summed E-state index contributed by atoms with van der Waals surface area (Å²) in [6.45, 7) is 3.95. The molecule has 0 aliphatic carbocycles. The highest BCUT2D eigenvalue weighted by atomic mass is 16.3. The Morgan fingerprint density at radius 3 is 2.55 bits per heavy atom. The molecule has 0 N–H and O–H groups in total. The molecule has 0 aromatic carbocycles. The smallest absolute Gasteiger partial charge is 0.0523 e. The predicted molar refractivity (Wildman–Crippen MR) is 45.0 cm³/mol. The summed E-state index contributed by atoms with van der Waals surface area (Å²) >= 11 is 0. The van der Waals surface area contributed by atoms with Crippen LogP contribution in [-0.2, 0) is 0 Å². The van der Waals surface area contributed by atoms with Crippen molar-refractivity contribution in [2.24, 2.45) is 11.2 Å². The fourth-order valence-electron chi connectivity index (χ4n) is 1.70. The van der Waals surface area contributed by atoms with Crippen LogP contribution in [0, 0.1) is 10.8 Å². The molecule has 0 radical (unpaired) electrons. The summed E-state index contributed by atoms with van der Waals surface area (Å²) in [5.41, 5.74) is 0. The molecule has 0 bridgehead atoms. The molecular weight excluding hydrogens is 140 g/mol. The lowest BCUT2D eigenvalue weighted by atomic mass is 9.93. The number of nitrogens with zero attached hydrogens (tertiary/aromatic N) is 2. The summed E-state index contributed by atoms with van der Waals surface area (Å²) in [5.74, 6) is 0.845. The van der Waals surface area contributed by atoms with Crippen molar-refractivity contribution in [3.05, 3.63) is 4.91 Å². The molecule has 3 heteroatoms. The molecule has 0 spiro atoms. The van der Waals surface area contributed by atoms with Gasteiger partial charge in [-0.05, 0) is 18.8 Å². The lowest BCUT2D eigenvalue weighted by molar-refractivity contribution is 0.182. The summed E-state index contributed by atoms with van der Waals surface area (Å²) in [6, 6.07) is 0. The van der Waals surface area contributed by atoms with E-state index in [4.69, 9.17) is 0 Å². The van der Waals surface area contributed by atoms with Gasteiger partial charge in [0.1, 0.15) is 0 Å². The van der Waals surface area contributed by atoms with Crippen LogP contribution in [0.1, 0.15) is 32.6 Å². The molecule has 0 unspecified atom stereocenters. The van der Waals surface area contributed by atoms with E-state index in [2.05, 4.69) is 12.2 Å². The maximum Gasteiger partial charge on any atom is 0.0523 e. The van der Waals surface area contributed by atoms with Crippen LogP contribution in [-0.4, -0.2) is 18.1 Å². The second-order valence-corrected chi connectivity index (χ2v) is 3.27. The van der Waals surface area contributed by atoms with Crippen molar-refractivity contribution in [1.29, 1.82) is 0 Å². The lowest BCUT2D eigenvalue weighted by Gasteiger charge is -2.27. The molecule has 0 amide bonds. The van der Waals surface area contributed by atoms with Crippen molar-refractivity contribution >= 4 is 0 Å². The first-order valence-electron chi connectivity index (χ1n) is 4.45. The van der Waals surface area contributed by atoms with Crippen LogP contribution in [0.5, 0.6) is 0 Å². The normalized spacial score (nSPS) is 20.3. The highest BCUT2D eigenvalue weighted by Crippen LogP contribution is 2.21. The summed E-state index contributed by atoms with van der Waals surface area (Å²) in [5, 5.41) is 4.56. The van der Waals surface area contributed by atoms with Gasteiger partial charge >= 0.3 is 0 Å². The van der Waals surface area contributed by atoms with E-state index in [9.17, 15) is 4.91 Å². The van der Waals surface area contributed by atoms with E-state index < -0.39 is 0 Å². The molecule has 0 aromatic rings. The van der Waals surface area contributed by atoms with Crippen LogP contribution >= 0.6 is 0 Å². The second-order valence-electron chi connectivity index (χ2n) is 3.27. The second kappa shape index (κ2) is 4.31. The van der Waals surface area contributed by atoms with Crippen molar-refractivity contribution < 1.29 is 0 Å². The van der Waals surface area contributed by atoms with Crippen molar-refractivity contribution in [1.82, 2.24) is 5.01 Å². The summed E-state index contributed by atoms with van der Waals surface area (Å²) in [6.07, 6.45) is 4.88. The molecule has 1 aliphatic rings. The molecule has 0 saturated carbocycles. The fraction of sp³-hybridized carbons (Fsp3) is 1.00. The van der Waals surface area contributed by atoms with Crippen LogP contribution in [0.15, 0.2) is 5.29 Å². The van der Waals surface area contributed by atoms with Crippen LogP contribution in [0.25, 0.3) is 0 Å². The molecule has 11 heavy (non-hydrogen) atoms. The summed E-state index contributed by atoms with van der Waals surface area (Å²) < 4.78 is 0. The van der Waals surface area contributed by atoms with Gasteiger partial charge in [-0.15, -0.1) is 4.91 Å². The molecule has 1 aliphatic heterocycles. The Kier molecular flexibility index (Phi) is 3.33. The third kappa shape index (κ3) is 2.48. The molecule has 1 saturated heterocycles. The van der Waals surface area contributed by atoms with Crippen LogP contribution < -0.4 is 0 Å². The van der Waals surface area contributed by atoms with Crippen molar-refractivity contribution in [3.63, 3.8) is 0 Å². The predicted octanol–water partition coefficient (Wildman–Crippen LogP) is 2.18. The highest BCUT2D eigenvalue weighted by Gasteiger charge is 2.17. The van der Waals surface area contributed by atoms with Crippen LogP contribution in [0.4, 0.5) is 0 Å². The topological polar surface area (TPSA) is 32.7 Å². The Morgan fingerprint density at radius 2 is 2.09 bits per heavy atom. The van der Waals surface area contributed by atoms with E-state index in [1.54, 1.807) is 5.01 Å². The SMILES string of the molecule is CCCC1CCN(N=O)CC1. The first-order chi connectivity index (χ1) is 5.36. The first-order valence-corrected chi connectivity index (χ1v) is 4.45. The molecule has 0 atom stereocenters. The summed E-state index contributed by atoms with van der Waals surface area (Å²) in [7, 11) is 0. The van der Waals surface area contributed by atoms with Gasteiger partial charge in [-0.3, -0.25) is 5.01 Å². The minimum Gasteiger partial charge on any atom is -0.261 e. The van der Waals surface area contributed by atoms with Gasteiger partial charge in [-0.2, -0.15) is 0 Å². The van der Waals surface area contributed by atoms with Gasteiger partial charge in [-0.1, -0.05) is 19.8 Å². The van der Waals surface area contributed by atoms with Gasteiger partial charge in [0.05, 0.1) is 5.29 Å². The standard InChI is InChI=1S/C8H16N2O/c1-2-3-8-4-6-10(9-11)7-5-8/h8H,2-7H2,1H3. The zero-order chi connectivity index (χ0) is 8.10. The third-order valence-corrected chi connectivity index (χ3v) is 2.40. The average molecular weight is 156 g/mol. The van der Waals surface area contributed by atoms with Gasteiger partial charge in [0.15, 0.2) is 0 Å². The zero-order valence-electron chi connectivity index (χ0n) is 7.12. The molecule has 1 fully saturated rings. The zero-order valence-corrected chi connectivity index (χ0v) is 7.12. The van der Waals surface area contributed by atoms with E-state index in [1.165, 1.54) is 12.8 Å². The van der Waals surface area contributed by atoms with E-state index in [-0.39, 0.29) is 0 Å². The molecular formula is C8H16N2O. The van der Waals surface area contributed by atoms with E-state index in [0.717, 1.165) is 31.8 Å². The van der Waals surface area contributed by atoms with Gasteiger partial charge < -0.3 is 0 Å². The Bertz CT molecular complexity index is 119. The van der Waals surface area contributed by atoms with E-state index in [0.29, 0.717) is 0 Å².